The normalized spacial score (nSPS) is 9.44. The molecule has 1 aromatic rings. The number of benzene rings is 1. The molecule has 0 bridgehead atoms. The number of rotatable bonds is 3. The zero-order valence-electron chi connectivity index (χ0n) is 8.95. The Bertz CT molecular complexity index is 415. The van der Waals surface area contributed by atoms with Crippen LogP contribution in [0.1, 0.15) is 5.56 Å². The molecule has 0 fully saturated rings. The fourth-order valence-corrected chi connectivity index (χ4v) is 1.82. The maximum atomic E-state index is 11.0. The predicted molar refractivity (Wildman–Crippen MR) is 68.8 cm³/mol. The maximum Gasteiger partial charge on any atom is 0.513 e. The summed E-state index contributed by atoms with van der Waals surface area (Å²) in [6, 6.07) is 3.56. The summed E-state index contributed by atoms with van der Waals surface area (Å²) in [6.07, 6.45) is 0.912. The second kappa shape index (κ2) is 5.74. The first-order valence-electron chi connectivity index (χ1n) is 4.38. The molecule has 0 amide bonds. The molecule has 16 heavy (non-hydrogen) atoms. The summed E-state index contributed by atoms with van der Waals surface area (Å²) in [4.78, 5) is 11.0. The van der Waals surface area contributed by atoms with Crippen LogP contribution >= 0.6 is 22.6 Å². The molecular formula is C11H11IO4. The number of halogens is 1. The van der Waals surface area contributed by atoms with Gasteiger partial charge in [-0.3, -0.25) is 0 Å². The van der Waals surface area contributed by atoms with E-state index in [-0.39, 0.29) is 0 Å². The van der Waals surface area contributed by atoms with E-state index in [0.717, 1.165) is 9.13 Å². The van der Waals surface area contributed by atoms with Gasteiger partial charge in [-0.05, 0) is 40.3 Å². The molecule has 0 radical (unpaired) electrons. The fourth-order valence-electron chi connectivity index (χ4n) is 1.08. The lowest BCUT2D eigenvalue weighted by Gasteiger charge is -2.11. The van der Waals surface area contributed by atoms with Crippen LogP contribution < -0.4 is 9.47 Å². The summed E-state index contributed by atoms with van der Waals surface area (Å²) in [7, 11) is 2.75. The summed E-state index contributed by atoms with van der Waals surface area (Å²) < 4.78 is 15.3. The molecule has 0 aromatic heterocycles. The number of carbonyl (C=O) groups excluding carboxylic acids is 1. The molecule has 1 aromatic carbocycles. The van der Waals surface area contributed by atoms with Gasteiger partial charge in [-0.1, -0.05) is 12.7 Å². The lowest BCUT2D eigenvalue weighted by Crippen LogP contribution is -2.09. The molecule has 5 heteroatoms. The molecule has 86 valence electrons. The molecule has 4 nitrogen and oxygen atoms in total. The highest BCUT2D eigenvalue weighted by atomic mass is 127. The highest BCUT2D eigenvalue weighted by Crippen LogP contribution is 2.34. The van der Waals surface area contributed by atoms with Gasteiger partial charge in [-0.15, -0.1) is 0 Å². The first kappa shape index (κ1) is 12.8. The minimum atomic E-state index is -0.775. The van der Waals surface area contributed by atoms with Crippen molar-refractivity contribution in [2.75, 3.05) is 14.2 Å². The molecule has 0 spiro atoms. The van der Waals surface area contributed by atoms with E-state index in [1.807, 2.05) is 28.7 Å². The Morgan fingerprint density at radius 2 is 2.12 bits per heavy atom. The van der Waals surface area contributed by atoms with E-state index in [4.69, 9.17) is 9.47 Å². The Labute approximate surface area is 107 Å². The Kier molecular flexibility index (Phi) is 4.60. The van der Waals surface area contributed by atoms with Gasteiger partial charge in [0.05, 0.1) is 17.8 Å². The minimum Gasteiger partial charge on any atom is -0.493 e. The van der Waals surface area contributed by atoms with Crippen LogP contribution in [-0.4, -0.2) is 20.4 Å². The Hall–Kier alpha value is -1.24. The van der Waals surface area contributed by atoms with Crippen molar-refractivity contribution in [2.45, 2.75) is 0 Å². The van der Waals surface area contributed by atoms with Crippen LogP contribution in [0.5, 0.6) is 11.5 Å². The molecule has 0 atom stereocenters. The van der Waals surface area contributed by atoms with Gasteiger partial charge in [-0.2, -0.15) is 0 Å². The SMILES string of the molecule is C=Cc1cc(I)c(OC(=O)OC)c(OC)c1. The molecule has 0 aliphatic rings. The third-order valence-corrected chi connectivity index (χ3v) is 2.64. The van der Waals surface area contributed by atoms with Crippen LogP contribution in [0.25, 0.3) is 6.08 Å². The van der Waals surface area contributed by atoms with Gasteiger partial charge < -0.3 is 14.2 Å². The molecule has 1 rings (SSSR count). The molecule has 0 saturated carbocycles. The van der Waals surface area contributed by atoms with E-state index in [2.05, 4.69) is 11.3 Å². The van der Waals surface area contributed by atoms with Crippen LogP contribution in [0.15, 0.2) is 18.7 Å². The smallest absolute Gasteiger partial charge is 0.493 e. The number of methoxy groups -OCH3 is 2. The van der Waals surface area contributed by atoms with Crippen molar-refractivity contribution in [2.24, 2.45) is 0 Å². The van der Waals surface area contributed by atoms with Crippen molar-refractivity contribution in [3.8, 4) is 11.5 Å². The number of hydrogen-bond acceptors (Lipinski definition) is 4. The number of hydrogen-bond donors (Lipinski definition) is 0. The van der Waals surface area contributed by atoms with Crippen molar-refractivity contribution in [3.05, 3.63) is 27.8 Å². The van der Waals surface area contributed by atoms with Crippen LogP contribution in [0, 0.1) is 3.57 Å². The first-order valence-corrected chi connectivity index (χ1v) is 5.46. The van der Waals surface area contributed by atoms with E-state index in [9.17, 15) is 4.79 Å². The minimum absolute atomic E-state index is 0.348. The van der Waals surface area contributed by atoms with Crippen LogP contribution in [0.4, 0.5) is 4.79 Å². The number of ether oxygens (including phenoxy) is 3. The van der Waals surface area contributed by atoms with Gasteiger partial charge in [0.1, 0.15) is 0 Å². The van der Waals surface area contributed by atoms with Crippen molar-refractivity contribution >= 4 is 34.8 Å². The van der Waals surface area contributed by atoms with Crippen LogP contribution in [0.3, 0.4) is 0 Å². The molecule has 0 heterocycles. The van der Waals surface area contributed by atoms with E-state index >= 15 is 0 Å². The summed E-state index contributed by atoms with van der Waals surface area (Å²) in [6.45, 7) is 3.66. The maximum absolute atomic E-state index is 11.0. The van der Waals surface area contributed by atoms with Gasteiger partial charge in [0, 0.05) is 0 Å². The van der Waals surface area contributed by atoms with Crippen molar-refractivity contribution in [3.63, 3.8) is 0 Å². The second-order valence-electron chi connectivity index (χ2n) is 2.79. The van der Waals surface area contributed by atoms with Crippen molar-refractivity contribution in [1.82, 2.24) is 0 Å². The molecule has 0 unspecified atom stereocenters. The highest BCUT2D eigenvalue weighted by Gasteiger charge is 2.14. The number of carbonyl (C=O) groups is 1. The van der Waals surface area contributed by atoms with Crippen LogP contribution in [0.2, 0.25) is 0 Å². The van der Waals surface area contributed by atoms with Gasteiger partial charge in [0.2, 0.25) is 0 Å². The van der Waals surface area contributed by atoms with Gasteiger partial charge in [0.15, 0.2) is 11.5 Å². The monoisotopic (exact) mass is 334 g/mol. The predicted octanol–water partition coefficient (Wildman–Crippen LogP) is 3.09. The zero-order chi connectivity index (χ0) is 12.1. The van der Waals surface area contributed by atoms with Crippen molar-refractivity contribution < 1.29 is 19.0 Å². The Morgan fingerprint density at radius 1 is 1.44 bits per heavy atom. The summed E-state index contributed by atoms with van der Waals surface area (Å²) in [5, 5.41) is 0. The fraction of sp³-hybridized carbons (Fsp3) is 0.182. The van der Waals surface area contributed by atoms with Gasteiger partial charge in [0.25, 0.3) is 0 Å². The first-order chi connectivity index (χ1) is 7.62. The van der Waals surface area contributed by atoms with Gasteiger partial charge in [-0.25, -0.2) is 4.79 Å². The standard InChI is InChI=1S/C11H11IO4/c1-4-7-5-8(12)10(9(6-7)14-2)16-11(13)15-3/h4-6H,1H2,2-3H3. The molecule has 0 aliphatic heterocycles. The largest absolute Gasteiger partial charge is 0.513 e. The van der Waals surface area contributed by atoms with Gasteiger partial charge >= 0.3 is 6.16 Å². The molecular weight excluding hydrogens is 323 g/mol. The Morgan fingerprint density at radius 3 is 2.62 bits per heavy atom. The third kappa shape index (κ3) is 2.88. The van der Waals surface area contributed by atoms with E-state index in [1.165, 1.54) is 14.2 Å². The lowest BCUT2D eigenvalue weighted by molar-refractivity contribution is 0.119. The molecule has 0 saturated heterocycles. The average molecular weight is 334 g/mol. The van der Waals surface area contributed by atoms with E-state index < -0.39 is 6.16 Å². The molecule has 0 N–H and O–H groups in total. The average Bonchev–Trinajstić information content (AvgIpc) is 2.30. The summed E-state index contributed by atoms with van der Waals surface area (Å²) >= 11 is 2.05. The zero-order valence-corrected chi connectivity index (χ0v) is 11.1. The van der Waals surface area contributed by atoms with E-state index in [0.29, 0.717) is 11.5 Å². The quantitative estimate of drug-likeness (QED) is 0.484. The third-order valence-electron chi connectivity index (χ3n) is 1.84. The summed E-state index contributed by atoms with van der Waals surface area (Å²) in [5.41, 5.74) is 0.887. The highest BCUT2D eigenvalue weighted by molar-refractivity contribution is 14.1. The lowest BCUT2D eigenvalue weighted by atomic mass is 10.2. The second-order valence-corrected chi connectivity index (χ2v) is 3.96. The molecule has 0 aliphatic carbocycles. The topological polar surface area (TPSA) is 44.8 Å². The van der Waals surface area contributed by atoms with Crippen molar-refractivity contribution in [1.29, 1.82) is 0 Å². The van der Waals surface area contributed by atoms with E-state index in [1.54, 1.807) is 12.1 Å². The Balaban J connectivity index is 3.16. The van der Waals surface area contributed by atoms with Crippen LogP contribution in [-0.2, 0) is 4.74 Å². The summed E-state index contributed by atoms with van der Waals surface area (Å²) in [5.74, 6) is 0.813.